The van der Waals surface area contributed by atoms with Crippen LogP contribution in [0.2, 0.25) is 0 Å². The molecule has 2 aromatic rings. The van der Waals surface area contributed by atoms with E-state index in [1.165, 1.54) is 20.9 Å². The molecule has 0 N–H and O–H groups in total. The summed E-state index contributed by atoms with van der Waals surface area (Å²) in [6, 6.07) is 13.2. The molecule has 83 valence electrons. The predicted octanol–water partition coefficient (Wildman–Crippen LogP) is 4.74. The monoisotopic (exact) mass is 229 g/mol. The number of thiophene rings is 1. The normalized spacial score (nSPS) is 11.0. The van der Waals surface area contributed by atoms with E-state index >= 15 is 0 Å². The molecular weight excluding hydrogens is 212 g/mol. The highest BCUT2D eigenvalue weighted by Gasteiger charge is 2.03. The summed E-state index contributed by atoms with van der Waals surface area (Å²) in [5.41, 5.74) is 2.71. The van der Waals surface area contributed by atoms with Crippen molar-refractivity contribution in [2.24, 2.45) is 5.92 Å². The van der Waals surface area contributed by atoms with Crippen LogP contribution in [0.5, 0.6) is 0 Å². The lowest BCUT2D eigenvalue weighted by Crippen LogP contribution is -1.93. The predicted molar refractivity (Wildman–Crippen MR) is 72.7 cm³/mol. The molecule has 0 fully saturated rings. The third-order valence-electron chi connectivity index (χ3n) is 2.54. The van der Waals surface area contributed by atoms with Gasteiger partial charge in [-0.05, 0) is 42.5 Å². The van der Waals surface area contributed by atoms with Crippen LogP contribution in [0.4, 0.5) is 0 Å². The number of hydrogen-bond acceptors (Lipinski definition) is 1. The van der Waals surface area contributed by atoms with Gasteiger partial charge >= 0.3 is 0 Å². The Morgan fingerprint density at radius 2 is 2.06 bits per heavy atom. The molecule has 1 atom stereocenters. The van der Waals surface area contributed by atoms with Crippen molar-refractivity contribution < 1.29 is 0 Å². The van der Waals surface area contributed by atoms with E-state index in [2.05, 4.69) is 57.2 Å². The molecule has 0 unspecified atom stereocenters. The lowest BCUT2D eigenvalue weighted by atomic mass is 10.0. The molecule has 16 heavy (non-hydrogen) atoms. The minimum Gasteiger partial charge on any atom is -0.141 e. The minimum atomic E-state index is 0.473. The van der Waals surface area contributed by atoms with E-state index in [0.717, 1.165) is 6.42 Å². The van der Waals surface area contributed by atoms with E-state index in [0.29, 0.717) is 5.92 Å². The number of benzene rings is 1. The van der Waals surface area contributed by atoms with Gasteiger partial charge in [0.25, 0.3) is 0 Å². The van der Waals surface area contributed by atoms with Gasteiger partial charge in [-0.1, -0.05) is 38.1 Å². The molecule has 1 heteroatoms. The van der Waals surface area contributed by atoms with Crippen molar-refractivity contribution in [2.75, 3.05) is 0 Å². The molecule has 1 heterocycles. The van der Waals surface area contributed by atoms with Crippen LogP contribution in [-0.2, 0) is 6.42 Å². The summed E-state index contributed by atoms with van der Waals surface area (Å²) in [5, 5.41) is 0. The second-order valence-corrected chi connectivity index (χ2v) is 5.71. The first-order chi connectivity index (χ1) is 7.65. The van der Waals surface area contributed by atoms with Gasteiger partial charge in [0, 0.05) is 9.75 Å². The van der Waals surface area contributed by atoms with Crippen molar-refractivity contribution in [3.63, 3.8) is 0 Å². The summed E-state index contributed by atoms with van der Waals surface area (Å²) in [5.74, 6) is 0.473. The Balaban J connectivity index is 2.28. The van der Waals surface area contributed by atoms with Crippen LogP contribution in [0, 0.1) is 19.8 Å². The van der Waals surface area contributed by atoms with Crippen LogP contribution in [0.25, 0.3) is 10.4 Å². The third kappa shape index (κ3) is 2.73. The maximum absolute atomic E-state index is 4.04. The Kier molecular flexibility index (Phi) is 3.45. The van der Waals surface area contributed by atoms with Gasteiger partial charge in [0.05, 0.1) is 0 Å². The van der Waals surface area contributed by atoms with E-state index < -0.39 is 0 Å². The molecule has 1 aromatic carbocycles. The van der Waals surface area contributed by atoms with Crippen molar-refractivity contribution in [2.45, 2.75) is 20.3 Å². The molecule has 0 aliphatic carbocycles. The van der Waals surface area contributed by atoms with Crippen molar-refractivity contribution in [1.29, 1.82) is 0 Å². The highest BCUT2D eigenvalue weighted by molar-refractivity contribution is 7.15. The van der Waals surface area contributed by atoms with Crippen LogP contribution in [0.3, 0.4) is 0 Å². The maximum Gasteiger partial charge on any atom is 0.0345 e. The largest absolute Gasteiger partial charge is 0.141 e. The van der Waals surface area contributed by atoms with Gasteiger partial charge in [-0.25, -0.2) is 0 Å². The average Bonchev–Trinajstić information content (AvgIpc) is 2.64. The highest BCUT2D eigenvalue weighted by atomic mass is 32.1. The molecule has 1 radical (unpaired) electrons. The highest BCUT2D eigenvalue weighted by Crippen LogP contribution is 2.28. The zero-order valence-corrected chi connectivity index (χ0v) is 10.7. The van der Waals surface area contributed by atoms with E-state index in [-0.39, 0.29) is 0 Å². The standard InChI is InChI=1S/C15H17S/c1-11(2)9-13-5-4-6-14(10-13)15-8-7-12(3)16-15/h4-8,10-11H,1,9H2,2-3H3/t11-/m0/s1. The van der Waals surface area contributed by atoms with Crippen molar-refractivity contribution >= 4 is 11.3 Å². The van der Waals surface area contributed by atoms with Crippen molar-refractivity contribution in [3.05, 3.63) is 53.8 Å². The fourth-order valence-corrected chi connectivity index (χ4v) is 2.71. The SMILES string of the molecule is [CH2][C@@H](C)Cc1cccc(-c2ccc(C)s2)c1. The summed E-state index contributed by atoms with van der Waals surface area (Å²) < 4.78 is 0. The van der Waals surface area contributed by atoms with Gasteiger partial charge in [-0.3, -0.25) is 0 Å². The summed E-state index contributed by atoms with van der Waals surface area (Å²) >= 11 is 1.85. The number of rotatable bonds is 3. The van der Waals surface area contributed by atoms with Crippen LogP contribution in [0.15, 0.2) is 36.4 Å². The fraction of sp³-hybridized carbons (Fsp3) is 0.267. The lowest BCUT2D eigenvalue weighted by Gasteiger charge is -2.06. The molecular formula is C15H17S. The van der Waals surface area contributed by atoms with Gasteiger partial charge in [-0.2, -0.15) is 0 Å². The topological polar surface area (TPSA) is 0 Å². The smallest absolute Gasteiger partial charge is 0.0345 e. The van der Waals surface area contributed by atoms with E-state index in [1.807, 2.05) is 11.3 Å². The molecule has 0 aliphatic heterocycles. The Labute approximate surface area is 102 Å². The van der Waals surface area contributed by atoms with Crippen LogP contribution in [0.1, 0.15) is 17.4 Å². The summed E-state index contributed by atoms with van der Waals surface area (Å²) in [4.78, 5) is 2.72. The van der Waals surface area contributed by atoms with Crippen LogP contribution in [-0.4, -0.2) is 0 Å². The first-order valence-corrected chi connectivity index (χ1v) is 6.45. The molecule has 0 nitrogen and oxygen atoms in total. The molecule has 2 rings (SSSR count). The molecule has 0 bridgehead atoms. The maximum atomic E-state index is 4.04. The quantitative estimate of drug-likeness (QED) is 0.713. The Morgan fingerprint density at radius 3 is 2.69 bits per heavy atom. The first-order valence-electron chi connectivity index (χ1n) is 5.64. The fourth-order valence-electron chi connectivity index (χ4n) is 1.84. The van der Waals surface area contributed by atoms with E-state index in [9.17, 15) is 0 Å². The number of hydrogen-bond donors (Lipinski definition) is 0. The van der Waals surface area contributed by atoms with Crippen molar-refractivity contribution in [1.82, 2.24) is 0 Å². The molecule has 0 spiro atoms. The van der Waals surface area contributed by atoms with Gasteiger partial charge in [0.15, 0.2) is 0 Å². The lowest BCUT2D eigenvalue weighted by molar-refractivity contribution is 0.719. The van der Waals surface area contributed by atoms with Gasteiger partial charge < -0.3 is 0 Å². The van der Waals surface area contributed by atoms with Gasteiger partial charge in [0.1, 0.15) is 0 Å². The summed E-state index contributed by atoms with van der Waals surface area (Å²) in [7, 11) is 0. The Hall–Kier alpha value is -1.08. The molecule has 0 amide bonds. The third-order valence-corrected chi connectivity index (χ3v) is 3.59. The molecule has 0 saturated heterocycles. The zero-order valence-electron chi connectivity index (χ0n) is 9.86. The van der Waals surface area contributed by atoms with Crippen LogP contribution >= 0.6 is 11.3 Å². The second kappa shape index (κ2) is 4.84. The van der Waals surface area contributed by atoms with Gasteiger partial charge in [0.2, 0.25) is 0 Å². The van der Waals surface area contributed by atoms with E-state index in [4.69, 9.17) is 0 Å². The second-order valence-electron chi connectivity index (χ2n) is 4.42. The van der Waals surface area contributed by atoms with E-state index in [1.54, 1.807) is 0 Å². The average molecular weight is 229 g/mol. The zero-order chi connectivity index (χ0) is 11.5. The Bertz CT molecular complexity index is 466. The van der Waals surface area contributed by atoms with Crippen molar-refractivity contribution in [3.8, 4) is 10.4 Å². The first kappa shape index (κ1) is 11.4. The minimum absolute atomic E-state index is 0.473. The molecule has 1 aromatic heterocycles. The van der Waals surface area contributed by atoms with Crippen LogP contribution < -0.4 is 0 Å². The molecule has 0 aliphatic rings. The van der Waals surface area contributed by atoms with Gasteiger partial charge in [-0.15, -0.1) is 11.3 Å². The summed E-state index contributed by atoms with van der Waals surface area (Å²) in [6.45, 7) is 8.35. The molecule has 0 saturated carbocycles. The number of aryl methyl sites for hydroxylation is 1. The Morgan fingerprint density at radius 1 is 1.25 bits per heavy atom. The summed E-state index contributed by atoms with van der Waals surface area (Å²) in [6.07, 6.45) is 1.05.